The molecule has 49 heavy (non-hydrogen) atoms. The quantitative estimate of drug-likeness (QED) is 0.199. The highest BCUT2D eigenvalue weighted by molar-refractivity contribution is 6.34. The van der Waals surface area contributed by atoms with Gasteiger partial charge in [0.1, 0.15) is 17.7 Å². The van der Waals surface area contributed by atoms with Crippen molar-refractivity contribution in [2.45, 2.75) is 82.4 Å². The normalized spacial score (nSPS) is 25.8. The highest BCUT2D eigenvalue weighted by atomic mass is 35.5. The Morgan fingerprint density at radius 3 is 2.45 bits per heavy atom. The van der Waals surface area contributed by atoms with Crippen molar-refractivity contribution in [2.75, 3.05) is 18.1 Å². The molecule has 0 unspecified atom stereocenters. The minimum atomic E-state index is -1.34. The van der Waals surface area contributed by atoms with Crippen molar-refractivity contribution in [3.05, 3.63) is 90.5 Å². The zero-order valence-electron chi connectivity index (χ0n) is 28.3. The summed E-state index contributed by atoms with van der Waals surface area (Å²) in [5.41, 5.74) is -0.207. The number of carbonyl (C=O) groups excluding carboxylic acids is 4. The first kappa shape index (κ1) is 36.3. The van der Waals surface area contributed by atoms with Crippen LogP contribution in [0.15, 0.2) is 79.9 Å². The molecule has 11 heteroatoms. The molecule has 3 aliphatic heterocycles. The van der Waals surface area contributed by atoms with E-state index in [4.69, 9.17) is 21.1 Å². The number of esters is 1. The lowest BCUT2D eigenvalue weighted by molar-refractivity contribution is -0.162. The summed E-state index contributed by atoms with van der Waals surface area (Å²) in [4.78, 5) is 59.4. The number of halogens is 1. The second-order valence-corrected chi connectivity index (χ2v) is 13.8. The summed E-state index contributed by atoms with van der Waals surface area (Å²) in [6, 6.07) is 13.6. The van der Waals surface area contributed by atoms with E-state index in [2.05, 4.69) is 18.5 Å². The van der Waals surface area contributed by atoms with Crippen LogP contribution in [-0.2, 0) is 28.7 Å². The maximum Gasteiger partial charge on any atom is 0.313 e. The van der Waals surface area contributed by atoms with Crippen molar-refractivity contribution in [3.8, 4) is 0 Å². The number of aliphatic hydroxyl groups excluding tert-OH is 1. The monoisotopic (exact) mass is 691 g/mol. The van der Waals surface area contributed by atoms with Crippen LogP contribution in [0.2, 0.25) is 5.02 Å². The number of hydrogen-bond acceptors (Lipinski definition) is 7. The maximum atomic E-state index is 14.8. The lowest BCUT2D eigenvalue weighted by Gasteiger charge is -2.40. The number of hydrogen-bond donors (Lipinski definition) is 2. The number of anilines is 1. The average molecular weight is 692 g/mol. The van der Waals surface area contributed by atoms with E-state index >= 15 is 0 Å². The molecule has 2 N–H and O–H groups in total. The molecule has 8 atom stereocenters. The Balaban J connectivity index is 1.52. The van der Waals surface area contributed by atoms with Gasteiger partial charge in [0.25, 0.3) is 5.91 Å². The van der Waals surface area contributed by atoms with Gasteiger partial charge in [0.15, 0.2) is 0 Å². The largest absolute Gasteiger partial charge is 0.455 e. The molecule has 262 valence electrons. The zero-order chi connectivity index (χ0) is 35.5. The third-order valence-corrected chi connectivity index (χ3v) is 10.4. The minimum absolute atomic E-state index is 0.109. The van der Waals surface area contributed by atoms with E-state index in [0.717, 1.165) is 0 Å². The first-order valence-electron chi connectivity index (χ1n) is 16.9. The fraction of sp³-hybridized carbons (Fsp3) is 0.474. The highest BCUT2D eigenvalue weighted by Crippen LogP contribution is 2.59. The molecule has 3 saturated heterocycles. The Hall–Kier alpha value is -3.99. The number of ether oxygens (including phenoxy) is 2. The van der Waals surface area contributed by atoms with Crippen molar-refractivity contribution in [3.63, 3.8) is 0 Å². The van der Waals surface area contributed by atoms with Gasteiger partial charge in [-0.15, -0.1) is 13.2 Å². The summed E-state index contributed by atoms with van der Waals surface area (Å²) in [6.07, 6.45) is 3.27. The molecule has 2 aromatic rings. The van der Waals surface area contributed by atoms with Crippen LogP contribution in [0.1, 0.15) is 58.1 Å². The van der Waals surface area contributed by atoms with Crippen molar-refractivity contribution >= 4 is 41.0 Å². The number of benzene rings is 2. The molecule has 3 amide bonds. The molecular formula is C38H46ClN3O7. The lowest BCUT2D eigenvalue weighted by atomic mass is 9.70. The minimum Gasteiger partial charge on any atom is -0.455 e. The Labute approximate surface area is 293 Å². The van der Waals surface area contributed by atoms with Crippen molar-refractivity contribution < 1.29 is 33.8 Å². The summed E-state index contributed by atoms with van der Waals surface area (Å²) in [7, 11) is 0. The SMILES string of the molecule is C=CCCC(=O)N[C@H](C)[C@@H](OC(=O)[C@@H]1[C@@H]2CC[C@]3(O2)[C@H](C(=O)N(CC=C)c2ccccc2Cl)N([C@@H](CO)C(C)C)C(=O)[C@@H]13)c1ccccc1. The predicted octanol–water partition coefficient (Wildman–Crippen LogP) is 5.01. The van der Waals surface area contributed by atoms with E-state index in [-0.39, 0.29) is 31.4 Å². The van der Waals surface area contributed by atoms with Crippen LogP contribution in [0, 0.1) is 17.8 Å². The average Bonchev–Trinajstić information content (AvgIpc) is 3.73. The summed E-state index contributed by atoms with van der Waals surface area (Å²) in [5.74, 6) is -3.96. The van der Waals surface area contributed by atoms with Gasteiger partial charge in [-0.05, 0) is 49.8 Å². The van der Waals surface area contributed by atoms with Crippen molar-refractivity contribution in [2.24, 2.45) is 17.8 Å². The Bertz CT molecular complexity index is 1570. The Kier molecular flexibility index (Phi) is 11.3. The number of rotatable bonds is 15. The number of nitrogens with one attached hydrogen (secondary N) is 1. The van der Waals surface area contributed by atoms with Gasteiger partial charge in [0, 0.05) is 13.0 Å². The van der Waals surface area contributed by atoms with Gasteiger partial charge < -0.3 is 29.7 Å². The molecule has 0 saturated carbocycles. The summed E-state index contributed by atoms with van der Waals surface area (Å²) >= 11 is 6.57. The van der Waals surface area contributed by atoms with Crippen LogP contribution in [0.4, 0.5) is 5.69 Å². The molecule has 1 spiro atoms. The predicted molar refractivity (Wildman–Crippen MR) is 186 cm³/mol. The van der Waals surface area contributed by atoms with Crippen LogP contribution in [0.25, 0.3) is 0 Å². The molecule has 3 heterocycles. The van der Waals surface area contributed by atoms with E-state index in [1.807, 2.05) is 44.2 Å². The van der Waals surface area contributed by atoms with E-state index in [9.17, 15) is 24.3 Å². The van der Waals surface area contributed by atoms with Gasteiger partial charge in [0.2, 0.25) is 11.8 Å². The fourth-order valence-electron chi connectivity index (χ4n) is 7.81. The first-order valence-corrected chi connectivity index (χ1v) is 17.3. The molecule has 3 aliphatic rings. The third kappa shape index (κ3) is 6.78. The molecule has 0 radical (unpaired) electrons. The fourth-order valence-corrected chi connectivity index (χ4v) is 8.05. The standard InChI is InChI=1S/C38H46ClN3O7/c1-6-8-18-30(44)40-24(5)33(25-14-10-9-11-15-25)48-37(47)31-29-19-20-38(49-29)32(31)35(45)42(28(22-43)23(3)4)34(38)36(46)41(21-7-2)27-17-13-12-16-26(27)39/h6-7,9-17,23-24,28-29,31-34,43H,1-2,8,18-22H2,3-5H3,(H,40,44)/t24-,28+,29+,31-,32-,33-,34+,38-/m1/s1. The summed E-state index contributed by atoms with van der Waals surface area (Å²) in [5, 5.41) is 13.9. The van der Waals surface area contributed by atoms with Gasteiger partial charge in [-0.2, -0.15) is 0 Å². The van der Waals surface area contributed by atoms with E-state index < -0.39 is 65.6 Å². The first-order chi connectivity index (χ1) is 23.5. The van der Waals surface area contributed by atoms with Crippen LogP contribution < -0.4 is 10.2 Å². The number of fused-ring (bicyclic) bond motifs is 1. The number of aliphatic hydroxyl groups is 1. The summed E-state index contributed by atoms with van der Waals surface area (Å²) < 4.78 is 12.9. The number of amides is 3. The maximum absolute atomic E-state index is 14.8. The van der Waals surface area contributed by atoms with Gasteiger partial charge in [-0.1, -0.05) is 80.1 Å². The highest BCUT2D eigenvalue weighted by Gasteiger charge is 2.76. The van der Waals surface area contributed by atoms with E-state index in [1.54, 1.807) is 43.3 Å². The molecule has 10 nitrogen and oxygen atoms in total. The Morgan fingerprint density at radius 1 is 1.12 bits per heavy atom. The van der Waals surface area contributed by atoms with E-state index in [0.29, 0.717) is 35.5 Å². The van der Waals surface area contributed by atoms with Gasteiger partial charge >= 0.3 is 5.97 Å². The molecular weight excluding hydrogens is 646 g/mol. The Morgan fingerprint density at radius 2 is 1.82 bits per heavy atom. The molecule has 0 aromatic heterocycles. The number of para-hydroxylation sites is 1. The second-order valence-electron chi connectivity index (χ2n) is 13.4. The van der Waals surface area contributed by atoms with Gasteiger partial charge in [0.05, 0.1) is 47.3 Å². The third-order valence-electron chi connectivity index (χ3n) is 10.1. The number of likely N-dealkylation sites (tertiary alicyclic amines) is 1. The number of carbonyl (C=O) groups is 4. The van der Waals surface area contributed by atoms with Crippen LogP contribution in [-0.4, -0.2) is 76.7 Å². The van der Waals surface area contributed by atoms with Gasteiger partial charge in [-0.3, -0.25) is 19.2 Å². The second kappa shape index (κ2) is 15.3. The molecule has 2 aromatic carbocycles. The molecule has 5 rings (SSSR count). The van der Waals surface area contributed by atoms with Crippen molar-refractivity contribution in [1.82, 2.24) is 10.2 Å². The van der Waals surface area contributed by atoms with Crippen LogP contribution in [0.3, 0.4) is 0 Å². The van der Waals surface area contributed by atoms with Crippen LogP contribution in [0.5, 0.6) is 0 Å². The topological polar surface area (TPSA) is 125 Å². The number of nitrogens with zero attached hydrogens (tertiary/aromatic N) is 2. The van der Waals surface area contributed by atoms with Crippen molar-refractivity contribution in [1.29, 1.82) is 0 Å². The van der Waals surface area contributed by atoms with E-state index in [1.165, 1.54) is 9.80 Å². The number of allylic oxidation sites excluding steroid dienone is 1. The lowest BCUT2D eigenvalue weighted by Crippen LogP contribution is -2.59. The van der Waals surface area contributed by atoms with Crippen LogP contribution >= 0.6 is 11.6 Å². The molecule has 0 aliphatic carbocycles. The summed E-state index contributed by atoms with van der Waals surface area (Å²) in [6.45, 7) is 12.7. The molecule has 3 fully saturated rings. The molecule has 2 bridgehead atoms. The smallest absolute Gasteiger partial charge is 0.313 e. The zero-order valence-corrected chi connectivity index (χ0v) is 29.1. The van der Waals surface area contributed by atoms with Gasteiger partial charge in [-0.25, -0.2) is 0 Å².